The monoisotopic (exact) mass is 258 g/mol. The lowest BCUT2D eigenvalue weighted by molar-refractivity contribution is -0.119. The molecule has 0 atom stereocenters. The van der Waals surface area contributed by atoms with Crippen molar-refractivity contribution >= 4 is 21.6 Å². The largest absolute Gasteiger partial charge is 0.375 e. The standard InChI is InChI=1S/C10H14N2O4S/c1-7-3-4-8(12-10(13)6-16-2)5-9(7)17(11,14)15/h3-5H,6H2,1-2H3,(H,12,13)(H2,11,14,15). The molecule has 0 aromatic heterocycles. The highest BCUT2D eigenvalue weighted by molar-refractivity contribution is 7.89. The number of methoxy groups -OCH3 is 1. The number of rotatable bonds is 4. The summed E-state index contributed by atoms with van der Waals surface area (Å²) in [6, 6.07) is 4.48. The number of carbonyl (C=O) groups is 1. The first kappa shape index (κ1) is 13.6. The van der Waals surface area contributed by atoms with Gasteiger partial charge in [-0.25, -0.2) is 13.6 Å². The van der Waals surface area contributed by atoms with E-state index in [1.165, 1.54) is 13.2 Å². The van der Waals surface area contributed by atoms with E-state index in [2.05, 4.69) is 10.1 Å². The van der Waals surface area contributed by atoms with E-state index in [1.807, 2.05) is 0 Å². The molecular formula is C10H14N2O4S. The van der Waals surface area contributed by atoms with Gasteiger partial charge in [-0.1, -0.05) is 6.07 Å². The van der Waals surface area contributed by atoms with Crippen molar-refractivity contribution in [3.05, 3.63) is 23.8 Å². The summed E-state index contributed by atoms with van der Waals surface area (Å²) in [4.78, 5) is 11.2. The van der Waals surface area contributed by atoms with E-state index in [0.29, 0.717) is 11.3 Å². The molecule has 0 spiro atoms. The smallest absolute Gasteiger partial charge is 0.250 e. The van der Waals surface area contributed by atoms with Crippen LogP contribution in [0.4, 0.5) is 5.69 Å². The predicted molar refractivity (Wildman–Crippen MR) is 63.1 cm³/mol. The minimum Gasteiger partial charge on any atom is -0.375 e. The van der Waals surface area contributed by atoms with Gasteiger partial charge in [-0.05, 0) is 24.6 Å². The molecule has 0 fully saturated rings. The molecule has 0 saturated heterocycles. The Bertz CT molecular complexity index is 525. The molecule has 0 aliphatic heterocycles. The van der Waals surface area contributed by atoms with Crippen LogP contribution in [0.25, 0.3) is 0 Å². The fourth-order valence-electron chi connectivity index (χ4n) is 1.31. The lowest BCUT2D eigenvalue weighted by atomic mass is 10.2. The molecule has 0 saturated carbocycles. The van der Waals surface area contributed by atoms with Crippen LogP contribution in [0.2, 0.25) is 0 Å². The first-order chi connectivity index (χ1) is 7.84. The molecule has 0 radical (unpaired) electrons. The van der Waals surface area contributed by atoms with Crippen molar-refractivity contribution < 1.29 is 17.9 Å². The van der Waals surface area contributed by atoms with Gasteiger partial charge >= 0.3 is 0 Å². The molecule has 0 aliphatic rings. The summed E-state index contributed by atoms with van der Waals surface area (Å²) in [6.07, 6.45) is 0. The average molecular weight is 258 g/mol. The van der Waals surface area contributed by atoms with E-state index in [-0.39, 0.29) is 17.4 Å². The van der Waals surface area contributed by atoms with Crippen molar-refractivity contribution in [2.75, 3.05) is 19.0 Å². The lowest BCUT2D eigenvalue weighted by Gasteiger charge is -2.08. The fraction of sp³-hybridized carbons (Fsp3) is 0.300. The second kappa shape index (κ2) is 5.26. The SMILES string of the molecule is COCC(=O)Nc1ccc(C)c(S(N)(=O)=O)c1. The number of ether oxygens (including phenoxy) is 1. The van der Waals surface area contributed by atoms with Gasteiger partial charge in [-0.2, -0.15) is 0 Å². The summed E-state index contributed by atoms with van der Waals surface area (Å²) in [5.41, 5.74) is 0.888. The fourth-order valence-corrected chi connectivity index (χ4v) is 2.12. The second-order valence-corrected chi connectivity index (χ2v) is 5.04. The molecule has 0 aliphatic carbocycles. The van der Waals surface area contributed by atoms with Gasteiger partial charge in [0.15, 0.2) is 0 Å². The van der Waals surface area contributed by atoms with E-state index in [9.17, 15) is 13.2 Å². The number of amides is 1. The Morgan fingerprint density at radius 3 is 2.65 bits per heavy atom. The highest BCUT2D eigenvalue weighted by Gasteiger charge is 2.12. The van der Waals surface area contributed by atoms with Gasteiger partial charge in [-0.3, -0.25) is 4.79 Å². The molecule has 1 amide bonds. The minimum absolute atomic E-state index is 0.00674. The van der Waals surface area contributed by atoms with Crippen LogP contribution in [0.15, 0.2) is 23.1 Å². The molecule has 0 bridgehead atoms. The Hall–Kier alpha value is -1.44. The lowest BCUT2D eigenvalue weighted by Crippen LogP contribution is -2.18. The number of carbonyl (C=O) groups excluding carboxylic acids is 1. The van der Waals surface area contributed by atoms with Crippen LogP contribution >= 0.6 is 0 Å². The molecular weight excluding hydrogens is 244 g/mol. The summed E-state index contributed by atoms with van der Waals surface area (Å²) < 4.78 is 27.2. The van der Waals surface area contributed by atoms with Crippen LogP contribution in [-0.4, -0.2) is 28.0 Å². The molecule has 0 unspecified atom stereocenters. The normalized spacial score (nSPS) is 11.2. The van der Waals surface area contributed by atoms with E-state index in [4.69, 9.17) is 5.14 Å². The molecule has 17 heavy (non-hydrogen) atoms. The highest BCUT2D eigenvalue weighted by Crippen LogP contribution is 2.18. The summed E-state index contributed by atoms with van der Waals surface area (Å²) in [5, 5.41) is 7.55. The quantitative estimate of drug-likeness (QED) is 0.807. The van der Waals surface area contributed by atoms with Crippen molar-refractivity contribution in [3.8, 4) is 0 Å². The molecule has 1 aromatic carbocycles. The topological polar surface area (TPSA) is 98.5 Å². The zero-order chi connectivity index (χ0) is 13.1. The first-order valence-electron chi connectivity index (χ1n) is 4.77. The molecule has 94 valence electrons. The number of anilines is 1. The summed E-state index contributed by atoms with van der Waals surface area (Å²) in [5.74, 6) is -0.364. The van der Waals surface area contributed by atoms with Crippen LogP contribution in [0.3, 0.4) is 0 Å². The zero-order valence-corrected chi connectivity index (χ0v) is 10.4. The number of hydrogen-bond donors (Lipinski definition) is 2. The van der Waals surface area contributed by atoms with Gasteiger partial charge in [-0.15, -0.1) is 0 Å². The van der Waals surface area contributed by atoms with E-state index < -0.39 is 10.0 Å². The van der Waals surface area contributed by atoms with Gasteiger partial charge in [0, 0.05) is 12.8 Å². The second-order valence-electron chi connectivity index (χ2n) is 3.51. The van der Waals surface area contributed by atoms with Crippen LogP contribution in [-0.2, 0) is 19.6 Å². The number of nitrogens with two attached hydrogens (primary N) is 1. The summed E-state index contributed by atoms with van der Waals surface area (Å²) in [7, 11) is -2.39. The molecule has 0 heterocycles. The van der Waals surface area contributed by atoms with Crippen LogP contribution in [0.1, 0.15) is 5.56 Å². The first-order valence-corrected chi connectivity index (χ1v) is 6.31. The predicted octanol–water partition coefficient (Wildman–Crippen LogP) is 0.227. The van der Waals surface area contributed by atoms with E-state index in [0.717, 1.165) is 0 Å². The molecule has 6 nitrogen and oxygen atoms in total. The number of hydrogen-bond acceptors (Lipinski definition) is 4. The maximum absolute atomic E-state index is 11.3. The van der Waals surface area contributed by atoms with Gasteiger partial charge < -0.3 is 10.1 Å². The van der Waals surface area contributed by atoms with Gasteiger partial charge in [0.2, 0.25) is 15.9 Å². The third kappa shape index (κ3) is 3.81. The number of nitrogens with one attached hydrogen (secondary N) is 1. The highest BCUT2D eigenvalue weighted by atomic mass is 32.2. The minimum atomic E-state index is -3.79. The molecule has 7 heteroatoms. The van der Waals surface area contributed by atoms with Crippen molar-refractivity contribution in [1.82, 2.24) is 0 Å². The Morgan fingerprint density at radius 2 is 2.12 bits per heavy atom. The number of primary sulfonamides is 1. The zero-order valence-electron chi connectivity index (χ0n) is 9.56. The van der Waals surface area contributed by atoms with Crippen molar-refractivity contribution in [2.45, 2.75) is 11.8 Å². The van der Waals surface area contributed by atoms with Crippen LogP contribution in [0.5, 0.6) is 0 Å². The van der Waals surface area contributed by atoms with Crippen molar-refractivity contribution in [1.29, 1.82) is 0 Å². The molecule has 1 aromatic rings. The number of benzene rings is 1. The maximum atomic E-state index is 11.3. The van der Waals surface area contributed by atoms with Gasteiger partial charge in [0.25, 0.3) is 0 Å². The van der Waals surface area contributed by atoms with Crippen molar-refractivity contribution in [3.63, 3.8) is 0 Å². The number of aryl methyl sites for hydroxylation is 1. The number of sulfonamides is 1. The third-order valence-electron chi connectivity index (χ3n) is 2.05. The molecule has 3 N–H and O–H groups in total. The third-order valence-corrected chi connectivity index (χ3v) is 3.11. The summed E-state index contributed by atoms with van der Waals surface area (Å²) in [6.45, 7) is 1.53. The van der Waals surface area contributed by atoms with Crippen LogP contribution in [0, 0.1) is 6.92 Å². The Kier molecular flexibility index (Phi) is 4.22. The van der Waals surface area contributed by atoms with Gasteiger partial charge in [0.05, 0.1) is 4.90 Å². The maximum Gasteiger partial charge on any atom is 0.250 e. The van der Waals surface area contributed by atoms with Gasteiger partial charge in [0.1, 0.15) is 6.61 Å². The average Bonchev–Trinajstić information content (AvgIpc) is 2.19. The van der Waals surface area contributed by atoms with Crippen molar-refractivity contribution in [2.24, 2.45) is 5.14 Å². The molecule has 1 rings (SSSR count). The Labute approximate surface area is 99.8 Å². The van der Waals surface area contributed by atoms with E-state index >= 15 is 0 Å². The van der Waals surface area contributed by atoms with E-state index in [1.54, 1.807) is 19.1 Å². The van der Waals surface area contributed by atoms with Crippen LogP contribution < -0.4 is 10.5 Å². The Balaban J connectivity index is 3.02. The summed E-state index contributed by atoms with van der Waals surface area (Å²) >= 11 is 0. The Morgan fingerprint density at radius 1 is 1.47 bits per heavy atom.